The van der Waals surface area contributed by atoms with Crippen molar-refractivity contribution in [3.8, 4) is 6.07 Å². The van der Waals surface area contributed by atoms with E-state index in [0.717, 1.165) is 24.5 Å². The number of nitriles is 1. The van der Waals surface area contributed by atoms with Gasteiger partial charge in [-0.05, 0) is 31.5 Å². The van der Waals surface area contributed by atoms with Gasteiger partial charge < -0.3 is 10.6 Å². The summed E-state index contributed by atoms with van der Waals surface area (Å²) in [5.41, 5.74) is 2.61. The van der Waals surface area contributed by atoms with E-state index in [0.29, 0.717) is 32.8 Å². The van der Waals surface area contributed by atoms with Crippen LogP contribution in [0, 0.1) is 18.3 Å². The van der Waals surface area contributed by atoms with Gasteiger partial charge in [0.05, 0.1) is 33.9 Å². The van der Waals surface area contributed by atoms with E-state index >= 15 is 0 Å². The second kappa shape index (κ2) is 8.30. The number of benzene rings is 1. The van der Waals surface area contributed by atoms with E-state index in [-0.39, 0.29) is 0 Å². The van der Waals surface area contributed by atoms with Gasteiger partial charge in [-0.2, -0.15) is 10.4 Å². The van der Waals surface area contributed by atoms with Crippen molar-refractivity contribution in [1.82, 2.24) is 14.8 Å². The van der Waals surface area contributed by atoms with E-state index < -0.39 is 0 Å². The highest BCUT2D eigenvalue weighted by atomic mass is 35.5. The first-order chi connectivity index (χ1) is 13.0. The van der Waals surface area contributed by atoms with E-state index in [9.17, 15) is 5.26 Å². The van der Waals surface area contributed by atoms with Crippen molar-refractivity contribution in [2.45, 2.75) is 26.8 Å². The summed E-state index contributed by atoms with van der Waals surface area (Å²) in [6.45, 7) is 4.86. The summed E-state index contributed by atoms with van der Waals surface area (Å²) in [7, 11) is 0. The third-order valence-electron chi connectivity index (χ3n) is 3.82. The van der Waals surface area contributed by atoms with Gasteiger partial charge in [0.1, 0.15) is 17.7 Å². The number of anilines is 4. The summed E-state index contributed by atoms with van der Waals surface area (Å²) >= 11 is 12.2. The molecule has 0 aliphatic rings. The molecule has 0 radical (unpaired) electrons. The van der Waals surface area contributed by atoms with Crippen LogP contribution in [0.1, 0.15) is 24.6 Å². The maximum atomic E-state index is 9.31. The maximum absolute atomic E-state index is 9.31. The summed E-state index contributed by atoms with van der Waals surface area (Å²) in [5, 5.41) is 21.2. The molecule has 0 atom stereocenters. The lowest BCUT2D eigenvalue weighted by atomic mass is 10.2. The molecular weight excluding hydrogens is 383 g/mol. The molecule has 3 aromatic rings. The average Bonchev–Trinajstić information content (AvgIpc) is 2.98. The Balaban J connectivity index is 1.88. The zero-order valence-corrected chi connectivity index (χ0v) is 16.4. The highest BCUT2D eigenvalue weighted by Crippen LogP contribution is 2.30. The quantitative estimate of drug-likeness (QED) is 0.557. The molecule has 0 bridgehead atoms. The van der Waals surface area contributed by atoms with Gasteiger partial charge in [-0.3, -0.25) is 0 Å². The highest BCUT2D eigenvalue weighted by molar-refractivity contribution is 6.33. The minimum absolute atomic E-state index is 0.432. The summed E-state index contributed by atoms with van der Waals surface area (Å²) in [5.74, 6) is 1.48. The van der Waals surface area contributed by atoms with E-state index in [4.69, 9.17) is 23.2 Å². The van der Waals surface area contributed by atoms with Crippen LogP contribution in [0.2, 0.25) is 10.0 Å². The number of hydrogen-bond acceptors (Lipinski definition) is 5. The lowest BCUT2D eigenvalue weighted by Crippen LogP contribution is -2.05. The molecule has 0 spiro atoms. The summed E-state index contributed by atoms with van der Waals surface area (Å²) in [6.07, 6.45) is 2.53. The molecule has 2 heterocycles. The van der Waals surface area contributed by atoms with Crippen LogP contribution in [0.5, 0.6) is 0 Å². The molecule has 0 unspecified atom stereocenters. The molecule has 2 N–H and O–H groups in total. The van der Waals surface area contributed by atoms with E-state index in [2.05, 4.69) is 33.7 Å². The van der Waals surface area contributed by atoms with Gasteiger partial charge in [0, 0.05) is 23.7 Å². The van der Waals surface area contributed by atoms with Crippen LogP contribution in [0.4, 0.5) is 23.0 Å². The van der Waals surface area contributed by atoms with Crippen LogP contribution in [0.15, 0.2) is 36.5 Å². The molecule has 0 amide bonds. The Hall–Kier alpha value is -2.75. The van der Waals surface area contributed by atoms with Crippen molar-refractivity contribution < 1.29 is 0 Å². The lowest BCUT2D eigenvalue weighted by molar-refractivity contribution is 0.605. The molecule has 6 nitrogen and oxygen atoms in total. The molecule has 3 rings (SSSR count). The van der Waals surface area contributed by atoms with Crippen molar-refractivity contribution >= 4 is 46.2 Å². The van der Waals surface area contributed by atoms with E-state index in [1.54, 1.807) is 30.5 Å². The van der Waals surface area contributed by atoms with Gasteiger partial charge in [-0.1, -0.05) is 30.1 Å². The van der Waals surface area contributed by atoms with Crippen LogP contribution in [-0.4, -0.2) is 14.8 Å². The molecule has 0 saturated carbocycles. The first kappa shape index (κ1) is 19.0. The summed E-state index contributed by atoms with van der Waals surface area (Å²) in [6, 6.07) is 10.9. The van der Waals surface area contributed by atoms with E-state index in [1.807, 2.05) is 17.7 Å². The van der Waals surface area contributed by atoms with Gasteiger partial charge in [-0.15, -0.1) is 0 Å². The van der Waals surface area contributed by atoms with Crippen LogP contribution < -0.4 is 10.6 Å². The SMILES string of the molecule is CCCn1nc(C)cc1Nc1cc(Nc2ccc(Cl)cc2C#N)c(Cl)cn1. The molecule has 138 valence electrons. The van der Waals surface area contributed by atoms with Crippen LogP contribution in [0.3, 0.4) is 0 Å². The zero-order chi connectivity index (χ0) is 19.4. The summed E-state index contributed by atoms with van der Waals surface area (Å²) < 4.78 is 1.91. The molecule has 0 fully saturated rings. The smallest absolute Gasteiger partial charge is 0.133 e. The molecule has 2 aromatic heterocycles. The Kier molecular flexibility index (Phi) is 5.84. The highest BCUT2D eigenvalue weighted by Gasteiger charge is 2.10. The predicted molar refractivity (Wildman–Crippen MR) is 109 cm³/mol. The fourth-order valence-corrected chi connectivity index (χ4v) is 2.95. The number of aryl methyl sites for hydroxylation is 2. The first-order valence-electron chi connectivity index (χ1n) is 8.44. The van der Waals surface area contributed by atoms with Gasteiger partial charge >= 0.3 is 0 Å². The monoisotopic (exact) mass is 400 g/mol. The van der Waals surface area contributed by atoms with Crippen molar-refractivity contribution in [1.29, 1.82) is 5.26 Å². The van der Waals surface area contributed by atoms with Crippen molar-refractivity contribution in [3.63, 3.8) is 0 Å². The molecule has 27 heavy (non-hydrogen) atoms. The molecule has 1 aromatic carbocycles. The number of pyridine rings is 1. The fourth-order valence-electron chi connectivity index (χ4n) is 2.63. The molecule has 0 aliphatic carbocycles. The maximum Gasteiger partial charge on any atom is 0.133 e. The molecule has 8 heteroatoms. The van der Waals surface area contributed by atoms with Crippen molar-refractivity contribution in [2.24, 2.45) is 0 Å². The Morgan fingerprint density at radius 2 is 1.96 bits per heavy atom. The standard InChI is InChI=1S/C19H18Cl2N6/c1-3-6-27-19(7-12(2)26-27)25-18-9-17(15(21)11-23-18)24-16-5-4-14(20)8-13(16)10-22/h4-5,7-9,11H,3,6H2,1-2H3,(H2,23,24,25). The van der Waals surface area contributed by atoms with Gasteiger partial charge in [0.2, 0.25) is 0 Å². The van der Waals surface area contributed by atoms with Crippen molar-refractivity contribution in [2.75, 3.05) is 10.6 Å². The second-order valence-electron chi connectivity index (χ2n) is 6.00. The Labute approximate surface area is 167 Å². The first-order valence-corrected chi connectivity index (χ1v) is 9.19. The Morgan fingerprint density at radius 3 is 2.70 bits per heavy atom. The number of halogens is 2. The van der Waals surface area contributed by atoms with Gasteiger partial charge in [0.15, 0.2) is 0 Å². The van der Waals surface area contributed by atoms with Gasteiger partial charge in [0.25, 0.3) is 0 Å². The largest absolute Gasteiger partial charge is 0.353 e. The van der Waals surface area contributed by atoms with Gasteiger partial charge in [-0.25, -0.2) is 9.67 Å². The number of nitrogens with zero attached hydrogens (tertiary/aromatic N) is 4. The number of nitrogens with one attached hydrogen (secondary N) is 2. The number of rotatable bonds is 6. The molecule has 0 saturated heterocycles. The van der Waals surface area contributed by atoms with Crippen LogP contribution in [0.25, 0.3) is 0 Å². The third-order valence-corrected chi connectivity index (χ3v) is 4.36. The third kappa shape index (κ3) is 4.51. The Bertz CT molecular complexity index is 1010. The molecular formula is C19H18Cl2N6. The zero-order valence-electron chi connectivity index (χ0n) is 14.9. The minimum Gasteiger partial charge on any atom is -0.353 e. The van der Waals surface area contributed by atoms with Crippen LogP contribution in [-0.2, 0) is 6.54 Å². The topological polar surface area (TPSA) is 78.6 Å². The lowest BCUT2D eigenvalue weighted by Gasteiger charge is -2.13. The number of aromatic nitrogens is 3. The average molecular weight is 401 g/mol. The fraction of sp³-hybridized carbons (Fsp3) is 0.211. The Morgan fingerprint density at radius 1 is 1.15 bits per heavy atom. The normalized spacial score (nSPS) is 10.5. The predicted octanol–water partition coefficient (Wildman–Crippen LogP) is 5.66. The second-order valence-corrected chi connectivity index (χ2v) is 6.84. The molecule has 0 aliphatic heterocycles. The summed E-state index contributed by atoms with van der Waals surface area (Å²) in [4.78, 5) is 4.33. The van der Waals surface area contributed by atoms with E-state index in [1.165, 1.54) is 0 Å². The minimum atomic E-state index is 0.432. The van der Waals surface area contributed by atoms with Crippen molar-refractivity contribution in [3.05, 3.63) is 57.8 Å². The number of hydrogen-bond donors (Lipinski definition) is 2. The van der Waals surface area contributed by atoms with Crippen LogP contribution >= 0.6 is 23.2 Å².